The van der Waals surface area contributed by atoms with Crippen molar-refractivity contribution in [2.45, 2.75) is 18.9 Å². The van der Waals surface area contributed by atoms with Crippen molar-refractivity contribution in [3.63, 3.8) is 0 Å². The van der Waals surface area contributed by atoms with Crippen molar-refractivity contribution in [2.24, 2.45) is 11.7 Å². The van der Waals surface area contributed by atoms with Crippen LogP contribution in [0.4, 0.5) is 0 Å². The summed E-state index contributed by atoms with van der Waals surface area (Å²) in [6.45, 7) is 0. The molecule has 21 heavy (non-hydrogen) atoms. The van der Waals surface area contributed by atoms with Crippen molar-refractivity contribution in [1.82, 2.24) is 4.98 Å². The van der Waals surface area contributed by atoms with E-state index in [-0.39, 0.29) is 6.04 Å². The zero-order chi connectivity index (χ0) is 14.2. The molecule has 104 valence electrons. The molecule has 1 aliphatic carbocycles. The molecule has 2 nitrogen and oxygen atoms in total. The van der Waals surface area contributed by atoms with Crippen molar-refractivity contribution >= 4 is 10.9 Å². The summed E-state index contributed by atoms with van der Waals surface area (Å²) >= 11 is 0. The summed E-state index contributed by atoms with van der Waals surface area (Å²) in [6.07, 6.45) is 3.99. The van der Waals surface area contributed by atoms with Gasteiger partial charge in [-0.1, -0.05) is 48.5 Å². The van der Waals surface area contributed by atoms with Crippen LogP contribution in [0.1, 0.15) is 22.7 Å². The van der Waals surface area contributed by atoms with Gasteiger partial charge in [0, 0.05) is 17.6 Å². The van der Waals surface area contributed by atoms with Gasteiger partial charge in [0.2, 0.25) is 0 Å². The molecule has 2 heteroatoms. The van der Waals surface area contributed by atoms with Crippen LogP contribution in [0, 0.1) is 5.92 Å². The van der Waals surface area contributed by atoms with Gasteiger partial charge in [0.15, 0.2) is 0 Å². The van der Waals surface area contributed by atoms with Crippen LogP contribution in [0.5, 0.6) is 0 Å². The second-order valence-electron chi connectivity index (χ2n) is 5.89. The molecule has 4 rings (SSSR count). The first-order chi connectivity index (χ1) is 10.3. The van der Waals surface area contributed by atoms with Gasteiger partial charge in [0.25, 0.3) is 0 Å². The van der Waals surface area contributed by atoms with Crippen LogP contribution >= 0.6 is 0 Å². The molecule has 1 aromatic heterocycles. The van der Waals surface area contributed by atoms with E-state index in [0.717, 1.165) is 18.4 Å². The van der Waals surface area contributed by atoms with E-state index in [1.54, 1.807) is 0 Å². The van der Waals surface area contributed by atoms with Crippen LogP contribution in [0.25, 0.3) is 10.9 Å². The van der Waals surface area contributed by atoms with Gasteiger partial charge in [-0.3, -0.25) is 4.98 Å². The van der Waals surface area contributed by atoms with E-state index < -0.39 is 0 Å². The topological polar surface area (TPSA) is 38.9 Å². The van der Waals surface area contributed by atoms with E-state index in [2.05, 4.69) is 53.5 Å². The Bertz CT molecular complexity index is 764. The summed E-state index contributed by atoms with van der Waals surface area (Å²) in [7, 11) is 0. The SMILES string of the molecule is NC(c1cccc2cccnc12)C1Cc2ccccc2C1. The number of hydrogen-bond donors (Lipinski definition) is 1. The monoisotopic (exact) mass is 274 g/mol. The first kappa shape index (κ1) is 12.5. The average Bonchev–Trinajstić information content (AvgIpc) is 2.97. The Morgan fingerprint density at radius 2 is 1.62 bits per heavy atom. The summed E-state index contributed by atoms with van der Waals surface area (Å²) in [5.41, 5.74) is 11.7. The molecular formula is C19H18N2. The Labute approximate surface area is 124 Å². The maximum atomic E-state index is 6.61. The standard InChI is InChI=1S/C19H18N2/c20-18(16-11-14-5-1-2-6-15(14)12-16)17-9-3-7-13-8-4-10-21-19(13)17/h1-10,16,18H,11-12,20H2. The third-order valence-electron chi connectivity index (χ3n) is 4.61. The van der Waals surface area contributed by atoms with E-state index in [1.165, 1.54) is 22.1 Å². The van der Waals surface area contributed by atoms with Crippen molar-refractivity contribution in [2.75, 3.05) is 0 Å². The van der Waals surface area contributed by atoms with Gasteiger partial charge in [0.1, 0.15) is 0 Å². The number of benzene rings is 2. The first-order valence-corrected chi connectivity index (χ1v) is 7.49. The maximum absolute atomic E-state index is 6.61. The van der Waals surface area contributed by atoms with Crippen molar-refractivity contribution < 1.29 is 0 Å². The van der Waals surface area contributed by atoms with Crippen LogP contribution in [0.15, 0.2) is 60.8 Å². The molecule has 2 aromatic carbocycles. The molecule has 1 unspecified atom stereocenters. The fraction of sp³-hybridized carbons (Fsp3) is 0.211. The molecule has 0 bridgehead atoms. The Morgan fingerprint density at radius 1 is 0.905 bits per heavy atom. The third-order valence-corrected chi connectivity index (χ3v) is 4.61. The maximum Gasteiger partial charge on any atom is 0.0749 e. The van der Waals surface area contributed by atoms with Gasteiger partial charge in [-0.25, -0.2) is 0 Å². The Balaban J connectivity index is 1.71. The summed E-state index contributed by atoms with van der Waals surface area (Å²) in [5, 5.41) is 1.17. The van der Waals surface area contributed by atoms with Gasteiger partial charge >= 0.3 is 0 Å². The van der Waals surface area contributed by atoms with Gasteiger partial charge in [-0.05, 0) is 41.5 Å². The molecule has 0 radical (unpaired) electrons. The second-order valence-corrected chi connectivity index (χ2v) is 5.89. The number of pyridine rings is 1. The quantitative estimate of drug-likeness (QED) is 0.774. The zero-order valence-electron chi connectivity index (χ0n) is 11.9. The van der Waals surface area contributed by atoms with Crippen molar-refractivity contribution in [1.29, 1.82) is 0 Å². The van der Waals surface area contributed by atoms with E-state index in [4.69, 9.17) is 5.73 Å². The molecule has 1 atom stereocenters. The van der Waals surface area contributed by atoms with Crippen LogP contribution in [0.3, 0.4) is 0 Å². The number of para-hydroxylation sites is 1. The third kappa shape index (κ3) is 2.12. The number of rotatable bonds is 2. The van der Waals surface area contributed by atoms with Gasteiger partial charge in [-0.15, -0.1) is 0 Å². The minimum atomic E-state index is 0.0380. The number of fused-ring (bicyclic) bond motifs is 2. The molecule has 0 saturated heterocycles. The molecule has 0 amide bonds. The second kappa shape index (κ2) is 4.97. The van der Waals surface area contributed by atoms with Gasteiger partial charge in [0.05, 0.1) is 5.52 Å². The highest BCUT2D eigenvalue weighted by atomic mass is 14.7. The molecular weight excluding hydrogens is 256 g/mol. The lowest BCUT2D eigenvalue weighted by Gasteiger charge is -2.20. The van der Waals surface area contributed by atoms with Crippen molar-refractivity contribution in [3.05, 3.63) is 77.5 Å². The average molecular weight is 274 g/mol. The van der Waals surface area contributed by atoms with Gasteiger partial charge < -0.3 is 5.73 Å². The normalized spacial score (nSPS) is 16.0. The van der Waals surface area contributed by atoms with Gasteiger partial charge in [-0.2, -0.15) is 0 Å². The summed E-state index contributed by atoms with van der Waals surface area (Å²) in [5.74, 6) is 0.468. The molecule has 2 N–H and O–H groups in total. The molecule has 1 aliphatic rings. The van der Waals surface area contributed by atoms with E-state index in [1.807, 2.05) is 12.3 Å². The minimum absolute atomic E-state index is 0.0380. The fourth-order valence-corrected chi connectivity index (χ4v) is 3.50. The van der Waals surface area contributed by atoms with Crippen LogP contribution in [-0.4, -0.2) is 4.98 Å². The number of aromatic nitrogens is 1. The van der Waals surface area contributed by atoms with E-state index in [0.29, 0.717) is 5.92 Å². The largest absolute Gasteiger partial charge is 0.324 e. The smallest absolute Gasteiger partial charge is 0.0749 e. The van der Waals surface area contributed by atoms with Crippen molar-refractivity contribution in [3.8, 4) is 0 Å². The predicted molar refractivity (Wildman–Crippen MR) is 86.0 cm³/mol. The number of nitrogens with zero attached hydrogens (tertiary/aromatic N) is 1. The Kier molecular flexibility index (Phi) is 2.97. The summed E-state index contributed by atoms with van der Waals surface area (Å²) in [6, 6.07) is 19.1. The molecule has 3 aromatic rings. The minimum Gasteiger partial charge on any atom is -0.324 e. The first-order valence-electron chi connectivity index (χ1n) is 7.49. The molecule has 0 fully saturated rings. The summed E-state index contributed by atoms with van der Waals surface area (Å²) < 4.78 is 0. The zero-order valence-corrected chi connectivity index (χ0v) is 11.9. The highest BCUT2D eigenvalue weighted by Gasteiger charge is 2.28. The molecule has 0 aliphatic heterocycles. The Hall–Kier alpha value is -2.19. The fourth-order valence-electron chi connectivity index (χ4n) is 3.50. The Morgan fingerprint density at radius 3 is 2.38 bits per heavy atom. The van der Waals surface area contributed by atoms with Crippen LogP contribution in [0.2, 0.25) is 0 Å². The molecule has 0 spiro atoms. The highest BCUT2D eigenvalue weighted by molar-refractivity contribution is 5.82. The predicted octanol–water partition coefficient (Wildman–Crippen LogP) is 3.65. The lowest BCUT2D eigenvalue weighted by atomic mass is 9.90. The van der Waals surface area contributed by atoms with E-state index in [9.17, 15) is 0 Å². The lowest BCUT2D eigenvalue weighted by molar-refractivity contribution is 0.455. The van der Waals surface area contributed by atoms with Crippen LogP contribution < -0.4 is 5.73 Å². The number of nitrogens with two attached hydrogens (primary N) is 1. The van der Waals surface area contributed by atoms with Crippen LogP contribution in [-0.2, 0) is 12.8 Å². The lowest BCUT2D eigenvalue weighted by Crippen LogP contribution is -2.22. The molecule has 1 heterocycles. The highest BCUT2D eigenvalue weighted by Crippen LogP contribution is 2.35. The number of hydrogen-bond acceptors (Lipinski definition) is 2. The summed E-state index contributed by atoms with van der Waals surface area (Å²) in [4.78, 5) is 4.54. The van der Waals surface area contributed by atoms with E-state index >= 15 is 0 Å². The molecule has 0 saturated carbocycles.